The maximum atomic E-state index is 12.8. The van der Waals surface area contributed by atoms with Gasteiger partial charge >= 0.3 is 6.03 Å². The van der Waals surface area contributed by atoms with Crippen molar-refractivity contribution in [2.75, 3.05) is 13.2 Å². The lowest BCUT2D eigenvalue weighted by Gasteiger charge is -2.34. The van der Waals surface area contributed by atoms with Gasteiger partial charge in [-0.2, -0.15) is 0 Å². The number of H-pyrrole nitrogens is 1. The number of halogens is 2. The van der Waals surface area contributed by atoms with Crippen LogP contribution in [0.25, 0.3) is 10.9 Å². The predicted molar refractivity (Wildman–Crippen MR) is 109 cm³/mol. The first-order valence-corrected chi connectivity index (χ1v) is 9.67. The second-order valence-corrected chi connectivity index (χ2v) is 7.61. The second-order valence-electron chi connectivity index (χ2n) is 6.77. The number of amides is 2. The minimum absolute atomic E-state index is 0.0206. The van der Waals surface area contributed by atoms with Crippen molar-refractivity contribution in [2.24, 2.45) is 0 Å². The van der Waals surface area contributed by atoms with Crippen molar-refractivity contribution < 1.29 is 15.0 Å². The Kier molecular flexibility index (Phi) is 5.10. The molecule has 0 fully saturated rings. The molecule has 0 radical (unpaired) electrons. The van der Waals surface area contributed by atoms with E-state index in [-0.39, 0.29) is 23.4 Å². The molecule has 1 aliphatic rings. The number of hydrogen-bond acceptors (Lipinski definition) is 3. The molecule has 6 nitrogen and oxygen atoms in total. The summed E-state index contributed by atoms with van der Waals surface area (Å²) in [6, 6.07) is 9.88. The second kappa shape index (κ2) is 7.54. The molecule has 3 aromatic rings. The summed E-state index contributed by atoms with van der Waals surface area (Å²) in [5.41, 5.74) is 3.22. The van der Waals surface area contributed by atoms with E-state index in [9.17, 15) is 15.0 Å². The van der Waals surface area contributed by atoms with Crippen LogP contribution >= 0.6 is 23.2 Å². The lowest BCUT2D eigenvalue weighted by molar-refractivity contribution is 0.125. The van der Waals surface area contributed by atoms with Gasteiger partial charge in [-0.05, 0) is 41.8 Å². The zero-order chi connectivity index (χ0) is 19.8. The molecule has 1 unspecified atom stereocenters. The van der Waals surface area contributed by atoms with E-state index in [1.54, 1.807) is 29.2 Å². The van der Waals surface area contributed by atoms with E-state index in [4.69, 9.17) is 23.2 Å². The Balaban J connectivity index is 1.59. The Bertz CT molecular complexity index is 1050. The number of urea groups is 1. The standard InChI is InChI=1S/C20H19Cl2N3O3/c21-12-3-1-2-11(8-12)9-23-20(28)25-7-6-13-17-15(5-4-14(22)19(17)27)24-18(13)16(25)10-26/h1-5,8,16,24,26-27H,6-7,9-10H2,(H,23,28). The van der Waals surface area contributed by atoms with Crippen LogP contribution in [0.15, 0.2) is 36.4 Å². The van der Waals surface area contributed by atoms with Crippen LogP contribution in [0.2, 0.25) is 10.0 Å². The number of phenolic OH excluding ortho intramolecular Hbond substituents is 1. The van der Waals surface area contributed by atoms with E-state index in [2.05, 4.69) is 10.3 Å². The number of aliphatic hydroxyl groups excluding tert-OH is 1. The first-order chi connectivity index (χ1) is 13.5. The van der Waals surface area contributed by atoms with E-state index in [0.29, 0.717) is 29.9 Å². The first-order valence-electron chi connectivity index (χ1n) is 8.91. The summed E-state index contributed by atoms with van der Waals surface area (Å²) in [7, 11) is 0. The summed E-state index contributed by atoms with van der Waals surface area (Å²) in [6.45, 7) is 0.515. The van der Waals surface area contributed by atoms with Gasteiger partial charge in [-0.25, -0.2) is 4.79 Å². The minimum atomic E-state index is -0.534. The van der Waals surface area contributed by atoms with Crippen LogP contribution < -0.4 is 5.32 Å². The average Bonchev–Trinajstić information content (AvgIpc) is 3.07. The Labute approximate surface area is 171 Å². The number of aliphatic hydroxyl groups is 1. The van der Waals surface area contributed by atoms with Gasteiger partial charge in [-0.1, -0.05) is 35.3 Å². The largest absolute Gasteiger partial charge is 0.506 e. The maximum absolute atomic E-state index is 12.8. The summed E-state index contributed by atoms with van der Waals surface area (Å²) < 4.78 is 0. The van der Waals surface area contributed by atoms with Gasteiger partial charge in [0.1, 0.15) is 5.75 Å². The fourth-order valence-corrected chi connectivity index (χ4v) is 4.15. The molecule has 0 aliphatic carbocycles. The van der Waals surface area contributed by atoms with Crippen molar-refractivity contribution in [1.82, 2.24) is 15.2 Å². The molecule has 4 rings (SSSR count). The molecule has 0 bridgehead atoms. The lowest BCUT2D eigenvalue weighted by atomic mass is 9.97. The number of fused-ring (bicyclic) bond motifs is 3. The maximum Gasteiger partial charge on any atom is 0.318 e. The Morgan fingerprint density at radius 1 is 1.29 bits per heavy atom. The first kappa shape index (κ1) is 18.9. The van der Waals surface area contributed by atoms with Crippen LogP contribution in [-0.2, 0) is 13.0 Å². The van der Waals surface area contributed by atoms with Crippen molar-refractivity contribution in [3.63, 3.8) is 0 Å². The van der Waals surface area contributed by atoms with Crippen LogP contribution in [0.1, 0.15) is 22.9 Å². The van der Waals surface area contributed by atoms with Gasteiger partial charge in [0.05, 0.1) is 17.7 Å². The molecule has 146 valence electrons. The third kappa shape index (κ3) is 3.28. The number of carbonyl (C=O) groups excluding carboxylic acids is 1. The van der Waals surface area contributed by atoms with Crippen molar-refractivity contribution in [1.29, 1.82) is 0 Å². The molecule has 0 spiro atoms. The van der Waals surface area contributed by atoms with Crippen molar-refractivity contribution >= 4 is 40.1 Å². The molecule has 0 saturated heterocycles. The molecule has 28 heavy (non-hydrogen) atoms. The fourth-order valence-electron chi connectivity index (χ4n) is 3.78. The van der Waals surface area contributed by atoms with Crippen LogP contribution in [0, 0.1) is 0 Å². The Morgan fingerprint density at radius 3 is 2.86 bits per heavy atom. The average molecular weight is 420 g/mol. The summed E-state index contributed by atoms with van der Waals surface area (Å²) >= 11 is 12.0. The number of nitrogens with one attached hydrogen (secondary N) is 2. The quantitative estimate of drug-likeness (QED) is 0.517. The monoisotopic (exact) mass is 419 g/mol. The van der Waals surface area contributed by atoms with E-state index in [0.717, 1.165) is 22.3 Å². The SMILES string of the molecule is O=C(NCc1cccc(Cl)c1)N1CCc2c([nH]c3ccc(Cl)c(O)c23)C1CO. The highest BCUT2D eigenvalue weighted by Crippen LogP contribution is 2.41. The molecule has 1 aliphatic heterocycles. The van der Waals surface area contributed by atoms with Gasteiger partial charge in [-0.3, -0.25) is 0 Å². The van der Waals surface area contributed by atoms with Crippen LogP contribution in [0.4, 0.5) is 4.79 Å². The number of nitrogens with zero attached hydrogens (tertiary/aromatic N) is 1. The number of aromatic nitrogens is 1. The summed E-state index contributed by atoms with van der Waals surface area (Å²) in [5, 5.41) is 24.7. The number of hydrogen-bond donors (Lipinski definition) is 4. The molecule has 1 aromatic heterocycles. The van der Waals surface area contributed by atoms with Crippen molar-refractivity contribution in [3.05, 3.63) is 63.3 Å². The number of benzene rings is 2. The zero-order valence-electron chi connectivity index (χ0n) is 14.9. The Hall–Kier alpha value is -2.41. The highest BCUT2D eigenvalue weighted by molar-refractivity contribution is 6.33. The molecule has 1 atom stereocenters. The van der Waals surface area contributed by atoms with E-state index in [1.165, 1.54) is 0 Å². The fraction of sp³-hybridized carbons (Fsp3) is 0.250. The highest BCUT2D eigenvalue weighted by Gasteiger charge is 2.33. The minimum Gasteiger partial charge on any atom is -0.506 e. The third-order valence-corrected chi connectivity index (χ3v) is 5.64. The molecule has 2 heterocycles. The normalized spacial score (nSPS) is 16.2. The van der Waals surface area contributed by atoms with Gasteiger partial charge in [0.25, 0.3) is 0 Å². The number of phenols is 1. The summed E-state index contributed by atoms with van der Waals surface area (Å²) in [6.07, 6.45) is 0.546. The van der Waals surface area contributed by atoms with Crippen LogP contribution in [0.5, 0.6) is 5.75 Å². The highest BCUT2D eigenvalue weighted by atomic mass is 35.5. The Morgan fingerprint density at radius 2 is 2.11 bits per heavy atom. The molecule has 2 aromatic carbocycles. The van der Waals surface area contributed by atoms with Crippen molar-refractivity contribution in [2.45, 2.75) is 19.0 Å². The number of aromatic amines is 1. The van der Waals surface area contributed by atoms with Gasteiger partial charge in [0, 0.05) is 34.7 Å². The summed E-state index contributed by atoms with van der Waals surface area (Å²) in [5.74, 6) is 0.0206. The molecular weight excluding hydrogens is 401 g/mol. The van der Waals surface area contributed by atoms with Crippen LogP contribution in [0.3, 0.4) is 0 Å². The summed E-state index contributed by atoms with van der Waals surface area (Å²) in [4.78, 5) is 17.6. The molecule has 0 saturated carbocycles. The lowest BCUT2D eigenvalue weighted by Crippen LogP contribution is -2.46. The predicted octanol–water partition coefficient (Wildman–Crippen LogP) is 3.98. The molecule has 2 amide bonds. The smallest absolute Gasteiger partial charge is 0.318 e. The third-order valence-electron chi connectivity index (χ3n) is 5.10. The van der Waals surface area contributed by atoms with E-state index < -0.39 is 6.04 Å². The molecular formula is C20H19Cl2N3O3. The van der Waals surface area contributed by atoms with E-state index >= 15 is 0 Å². The molecule has 8 heteroatoms. The van der Waals surface area contributed by atoms with Gasteiger partial charge in [-0.15, -0.1) is 0 Å². The van der Waals surface area contributed by atoms with Gasteiger partial charge < -0.3 is 25.4 Å². The van der Waals surface area contributed by atoms with Crippen LogP contribution in [-0.4, -0.2) is 39.3 Å². The van der Waals surface area contributed by atoms with E-state index in [1.807, 2.05) is 12.1 Å². The zero-order valence-corrected chi connectivity index (χ0v) is 16.4. The topological polar surface area (TPSA) is 88.6 Å². The number of aromatic hydroxyl groups is 1. The number of rotatable bonds is 3. The van der Waals surface area contributed by atoms with Gasteiger partial charge in [0.2, 0.25) is 0 Å². The van der Waals surface area contributed by atoms with Crippen molar-refractivity contribution in [3.8, 4) is 5.75 Å². The molecule has 4 N–H and O–H groups in total. The van der Waals surface area contributed by atoms with Gasteiger partial charge in [0.15, 0.2) is 0 Å². The number of carbonyl (C=O) groups is 1.